The number of rotatable bonds is 8. The van der Waals surface area contributed by atoms with Gasteiger partial charge in [-0.25, -0.2) is 0 Å². The molecule has 2 heterocycles. The molecule has 2 aromatic carbocycles. The Morgan fingerprint density at radius 2 is 1.94 bits per heavy atom. The molecule has 6 nitrogen and oxygen atoms in total. The molecule has 1 atom stereocenters. The van der Waals surface area contributed by atoms with E-state index in [9.17, 15) is 4.79 Å². The van der Waals surface area contributed by atoms with Crippen LogP contribution in [-0.4, -0.2) is 36.9 Å². The van der Waals surface area contributed by atoms with Gasteiger partial charge >= 0.3 is 0 Å². The topological polar surface area (TPSA) is 61.7 Å². The smallest absolute Gasteiger partial charge is 0.253 e. The molecule has 1 N–H and O–H groups in total. The standard InChI is InChI=1S/C26H30N2O4/c1-18-14-23(19(2)28(18)21-8-5-4-6-9-21)26(29)27-16-20-11-12-24(25(15-20)30-3)32-17-22-10-7-13-31-22/h4-6,8-9,11-12,14-15,22H,7,10,13,16-17H2,1-3H3,(H,27,29). The number of aryl methyl sites for hydroxylation is 1. The van der Waals surface area contributed by atoms with Crippen molar-refractivity contribution in [1.82, 2.24) is 9.88 Å². The Morgan fingerprint density at radius 1 is 1.12 bits per heavy atom. The van der Waals surface area contributed by atoms with Gasteiger partial charge < -0.3 is 24.1 Å². The molecule has 32 heavy (non-hydrogen) atoms. The first kappa shape index (κ1) is 22.0. The summed E-state index contributed by atoms with van der Waals surface area (Å²) in [6.07, 6.45) is 2.25. The Bertz CT molecular complexity index is 1070. The van der Waals surface area contributed by atoms with Crippen molar-refractivity contribution in [3.63, 3.8) is 0 Å². The predicted octanol–water partition coefficient (Wildman–Crippen LogP) is 4.59. The molecule has 0 saturated carbocycles. The zero-order valence-electron chi connectivity index (χ0n) is 18.9. The number of hydrogen-bond donors (Lipinski definition) is 1. The van der Waals surface area contributed by atoms with Crippen molar-refractivity contribution < 1.29 is 19.0 Å². The molecular weight excluding hydrogens is 404 g/mol. The SMILES string of the molecule is COc1cc(CNC(=O)c2cc(C)n(-c3ccccc3)c2C)ccc1OCC1CCCO1. The van der Waals surface area contributed by atoms with Crippen LogP contribution in [-0.2, 0) is 11.3 Å². The molecule has 1 aromatic heterocycles. The fraction of sp³-hybridized carbons (Fsp3) is 0.346. The monoisotopic (exact) mass is 434 g/mol. The molecule has 1 aliphatic rings. The van der Waals surface area contributed by atoms with Crippen molar-refractivity contribution in [2.24, 2.45) is 0 Å². The maximum atomic E-state index is 12.9. The Balaban J connectivity index is 1.41. The average Bonchev–Trinajstić information content (AvgIpc) is 3.44. The first-order valence-electron chi connectivity index (χ1n) is 11.0. The molecule has 1 unspecified atom stereocenters. The zero-order valence-corrected chi connectivity index (χ0v) is 18.9. The molecule has 1 saturated heterocycles. The first-order valence-corrected chi connectivity index (χ1v) is 11.0. The fourth-order valence-corrected chi connectivity index (χ4v) is 4.14. The van der Waals surface area contributed by atoms with Gasteiger partial charge in [-0.1, -0.05) is 24.3 Å². The van der Waals surface area contributed by atoms with Crippen LogP contribution >= 0.6 is 0 Å². The summed E-state index contributed by atoms with van der Waals surface area (Å²) in [5, 5.41) is 3.03. The van der Waals surface area contributed by atoms with Gasteiger partial charge in [-0.2, -0.15) is 0 Å². The van der Waals surface area contributed by atoms with Crippen molar-refractivity contribution in [2.75, 3.05) is 20.3 Å². The van der Waals surface area contributed by atoms with Crippen LogP contribution in [0.25, 0.3) is 5.69 Å². The number of aromatic nitrogens is 1. The third-order valence-corrected chi connectivity index (χ3v) is 5.82. The summed E-state index contributed by atoms with van der Waals surface area (Å²) >= 11 is 0. The van der Waals surface area contributed by atoms with Gasteiger partial charge in [-0.3, -0.25) is 4.79 Å². The van der Waals surface area contributed by atoms with Gasteiger partial charge in [0, 0.05) is 30.2 Å². The molecular formula is C26H30N2O4. The van der Waals surface area contributed by atoms with Crippen molar-refractivity contribution in [3.8, 4) is 17.2 Å². The Morgan fingerprint density at radius 3 is 2.66 bits per heavy atom. The number of nitrogens with one attached hydrogen (secondary N) is 1. The lowest BCUT2D eigenvalue weighted by Crippen LogP contribution is -2.23. The lowest BCUT2D eigenvalue weighted by Gasteiger charge is -2.15. The molecule has 0 aliphatic carbocycles. The third-order valence-electron chi connectivity index (χ3n) is 5.82. The van der Waals surface area contributed by atoms with Crippen LogP contribution in [0, 0.1) is 13.8 Å². The highest BCUT2D eigenvalue weighted by Crippen LogP contribution is 2.29. The largest absolute Gasteiger partial charge is 0.493 e. The minimum Gasteiger partial charge on any atom is -0.493 e. The number of carbonyl (C=O) groups excluding carboxylic acids is 1. The molecule has 0 radical (unpaired) electrons. The molecule has 1 amide bonds. The van der Waals surface area contributed by atoms with Gasteiger partial charge in [0.05, 0.1) is 18.8 Å². The number of benzene rings is 2. The molecule has 1 aliphatic heterocycles. The second-order valence-corrected chi connectivity index (χ2v) is 8.07. The van der Waals surface area contributed by atoms with Crippen LogP contribution < -0.4 is 14.8 Å². The van der Waals surface area contributed by atoms with E-state index in [0.717, 1.165) is 42.1 Å². The minimum atomic E-state index is -0.0991. The second kappa shape index (κ2) is 9.92. The number of amides is 1. The van der Waals surface area contributed by atoms with Crippen LogP contribution in [0.5, 0.6) is 11.5 Å². The van der Waals surface area contributed by atoms with Gasteiger partial charge in [-0.15, -0.1) is 0 Å². The molecule has 6 heteroatoms. The third kappa shape index (κ3) is 4.81. The summed E-state index contributed by atoms with van der Waals surface area (Å²) in [5.41, 5.74) is 4.60. The van der Waals surface area contributed by atoms with Gasteiger partial charge in [0.25, 0.3) is 5.91 Å². The van der Waals surface area contributed by atoms with E-state index < -0.39 is 0 Å². The van der Waals surface area contributed by atoms with E-state index in [0.29, 0.717) is 30.2 Å². The van der Waals surface area contributed by atoms with Crippen molar-refractivity contribution in [1.29, 1.82) is 0 Å². The lowest BCUT2D eigenvalue weighted by molar-refractivity contribution is 0.0669. The number of ether oxygens (including phenoxy) is 3. The van der Waals surface area contributed by atoms with E-state index >= 15 is 0 Å². The van der Waals surface area contributed by atoms with Crippen molar-refractivity contribution >= 4 is 5.91 Å². The maximum absolute atomic E-state index is 12.9. The summed E-state index contributed by atoms with van der Waals surface area (Å²) in [5.74, 6) is 1.24. The summed E-state index contributed by atoms with van der Waals surface area (Å²) in [7, 11) is 1.62. The Kier molecular flexibility index (Phi) is 6.81. The van der Waals surface area contributed by atoms with Gasteiger partial charge in [0.1, 0.15) is 6.61 Å². The van der Waals surface area contributed by atoms with E-state index in [4.69, 9.17) is 14.2 Å². The second-order valence-electron chi connectivity index (χ2n) is 8.07. The highest BCUT2D eigenvalue weighted by Gasteiger charge is 2.18. The highest BCUT2D eigenvalue weighted by molar-refractivity contribution is 5.95. The van der Waals surface area contributed by atoms with Crippen LogP contribution in [0.3, 0.4) is 0 Å². The quantitative estimate of drug-likeness (QED) is 0.563. The van der Waals surface area contributed by atoms with Crippen molar-refractivity contribution in [3.05, 3.63) is 77.1 Å². The van der Waals surface area contributed by atoms with Crippen LogP contribution in [0.4, 0.5) is 0 Å². The van der Waals surface area contributed by atoms with Gasteiger partial charge in [-0.05, 0) is 62.6 Å². The predicted molar refractivity (Wildman–Crippen MR) is 124 cm³/mol. The van der Waals surface area contributed by atoms with Crippen molar-refractivity contribution in [2.45, 2.75) is 39.3 Å². The summed E-state index contributed by atoms with van der Waals surface area (Å²) in [4.78, 5) is 12.9. The average molecular weight is 435 g/mol. The summed E-state index contributed by atoms with van der Waals surface area (Å²) < 4.78 is 19.1. The number of carbonyl (C=O) groups is 1. The van der Waals surface area contributed by atoms with Crippen LogP contribution in [0.2, 0.25) is 0 Å². The molecule has 168 valence electrons. The van der Waals surface area contributed by atoms with E-state index in [2.05, 4.69) is 9.88 Å². The number of nitrogens with zero attached hydrogens (tertiary/aromatic N) is 1. The van der Waals surface area contributed by atoms with Crippen LogP contribution in [0.15, 0.2) is 54.6 Å². The number of para-hydroxylation sites is 1. The van der Waals surface area contributed by atoms with E-state index in [1.807, 2.05) is 68.4 Å². The number of methoxy groups -OCH3 is 1. The van der Waals surface area contributed by atoms with Crippen LogP contribution in [0.1, 0.15) is 40.2 Å². The van der Waals surface area contributed by atoms with Gasteiger partial charge in [0.2, 0.25) is 0 Å². The van der Waals surface area contributed by atoms with Gasteiger partial charge in [0.15, 0.2) is 11.5 Å². The van der Waals surface area contributed by atoms with E-state index in [1.165, 1.54) is 0 Å². The van der Waals surface area contributed by atoms with E-state index in [-0.39, 0.29) is 12.0 Å². The molecule has 3 aromatic rings. The Hall–Kier alpha value is -3.25. The molecule has 0 bridgehead atoms. The zero-order chi connectivity index (χ0) is 22.5. The molecule has 4 rings (SSSR count). The normalized spacial score (nSPS) is 15.5. The number of hydrogen-bond acceptors (Lipinski definition) is 4. The minimum absolute atomic E-state index is 0.0991. The summed E-state index contributed by atoms with van der Waals surface area (Å²) in [6, 6.07) is 17.7. The highest BCUT2D eigenvalue weighted by atomic mass is 16.5. The van der Waals surface area contributed by atoms with E-state index in [1.54, 1.807) is 7.11 Å². The lowest BCUT2D eigenvalue weighted by atomic mass is 10.1. The summed E-state index contributed by atoms with van der Waals surface area (Å²) in [6.45, 7) is 5.70. The first-order chi connectivity index (χ1) is 15.6. The fourth-order valence-electron chi connectivity index (χ4n) is 4.14. The Labute approximate surface area is 189 Å². The maximum Gasteiger partial charge on any atom is 0.253 e. The molecule has 0 spiro atoms. The molecule has 1 fully saturated rings.